The van der Waals surface area contributed by atoms with Gasteiger partial charge in [0.2, 0.25) is 0 Å². The maximum absolute atomic E-state index is 12.4. The maximum atomic E-state index is 12.4. The van der Waals surface area contributed by atoms with E-state index < -0.39 is 12.0 Å². The number of methoxy groups -OCH3 is 1. The van der Waals surface area contributed by atoms with Crippen LogP contribution in [0, 0.1) is 0 Å². The Labute approximate surface area is 139 Å². The van der Waals surface area contributed by atoms with Gasteiger partial charge in [-0.2, -0.15) is 0 Å². The zero-order valence-electron chi connectivity index (χ0n) is 13.2. The van der Waals surface area contributed by atoms with Gasteiger partial charge in [-0.15, -0.1) is 0 Å². The van der Waals surface area contributed by atoms with E-state index in [1.54, 1.807) is 42.5 Å². The van der Waals surface area contributed by atoms with Crippen LogP contribution in [0.15, 0.2) is 48.5 Å². The van der Waals surface area contributed by atoms with E-state index >= 15 is 0 Å². The van der Waals surface area contributed by atoms with Crippen LogP contribution in [0.5, 0.6) is 11.5 Å². The lowest BCUT2D eigenvalue weighted by Crippen LogP contribution is -2.35. The highest BCUT2D eigenvalue weighted by atomic mass is 16.6. The number of carbonyl (C=O) groups excluding carboxylic acids is 2. The second kappa shape index (κ2) is 7.04. The van der Waals surface area contributed by atoms with E-state index in [4.69, 9.17) is 14.2 Å². The van der Waals surface area contributed by atoms with Crippen LogP contribution in [0.25, 0.3) is 0 Å². The Morgan fingerprint density at radius 3 is 2.54 bits per heavy atom. The van der Waals surface area contributed by atoms with Crippen LogP contribution in [0.1, 0.15) is 22.0 Å². The number of para-hydroxylation sites is 1. The second-order valence-electron chi connectivity index (χ2n) is 5.17. The van der Waals surface area contributed by atoms with Crippen molar-refractivity contribution in [2.45, 2.75) is 6.04 Å². The third kappa shape index (κ3) is 3.17. The Kier molecular flexibility index (Phi) is 4.65. The fourth-order valence-corrected chi connectivity index (χ4v) is 2.51. The second-order valence-corrected chi connectivity index (χ2v) is 5.17. The highest BCUT2D eigenvalue weighted by Gasteiger charge is 2.29. The maximum Gasteiger partial charge on any atom is 0.333 e. The van der Waals surface area contributed by atoms with Gasteiger partial charge in [0, 0.05) is 11.1 Å². The van der Waals surface area contributed by atoms with Gasteiger partial charge in [0.1, 0.15) is 13.2 Å². The number of ether oxygens (including phenoxy) is 3. The normalized spacial score (nSPS) is 13.7. The van der Waals surface area contributed by atoms with Gasteiger partial charge in [-0.05, 0) is 18.2 Å². The molecule has 0 fully saturated rings. The average molecular weight is 327 g/mol. The quantitative estimate of drug-likeness (QED) is 0.871. The number of hydrogen-bond donors (Lipinski definition) is 1. The lowest BCUT2D eigenvalue weighted by atomic mass is 10.0. The summed E-state index contributed by atoms with van der Waals surface area (Å²) in [6, 6.07) is 12.9. The van der Waals surface area contributed by atoms with Crippen LogP contribution in [-0.4, -0.2) is 32.2 Å². The summed E-state index contributed by atoms with van der Waals surface area (Å²) in [6.07, 6.45) is 0. The van der Waals surface area contributed by atoms with Gasteiger partial charge >= 0.3 is 5.97 Å². The van der Waals surface area contributed by atoms with Crippen molar-refractivity contribution in [1.29, 1.82) is 0 Å². The van der Waals surface area contributed by atoms with Gasteiger partial charge < -0.3 is 19.5 Å². The smallest absolute Gasteiger partial charge is 0.333 e. The first-order chi connectivity index (χ1) is 11.7. The van der Waals surface area contributed by atoms with Crippen LogP contribution < -0.4 is 14.8 Å². The fourth-order valence-electron chi connectivity index (χ4n) is 2.51. The Hall–Kier alpha value is -3.02. The molecule has 124 valence electrons. The van der Waals surface area contributed by atoms with Gasteiger partial charge in [0.05, 0.1) is 7.11 Å². The van der Waals surface area contributed by atoms with E-state index in [0.717, 1.165) is 0 Å². The monoisotopic (exact) mass is 327 g/mol. The Morgan fingerprint density at radius 2 is 1.79 bits per heavy atom. The molecule has 3 rings (SSSR count). The van der Waals surface area contributed by atoms with E-state index in [9.17, 15) is 9.59 Å². The van der Waals surface area contributed by atoms with Gasteiger partial charge in [-0.25, -0.2) is 4.79 Å². The third-order valence-corrected chi connectivity index (χ3v) is 3.66. The standard InChI is InChI=1S/C18H17NO5/c1-22-18(21)15(19-17(20)12-6-3-2-4-7-12)13-8-5-9-14-16(13)24-11-10-23-14/h2-9,15H,10-11H2,1H3,(H,19,20). The molecule has 0 bridgehead atoms. The largest absolute Gasteiger partial charge is 0.486 e. The van der Waals surface area contributed by atoms with E-state index in [0.29, 0.717) is 35.8 Å². The molecule has 2 aromatic carbocycles. The van der Waals surface area contributed by atoms with Crippen LogP contribution in [0.3, 0.4) is 0 Å². The number of fused-ring (bicyclic) bond motifs is 1. The van der Waals surface area contributed by atoms with Crippen LogP contribution in [0.4, 0.5) is 0 Å². The molecule has 1 aliphatic rings. The number of amides is 1. The zero-order valence-corrected chi connectivity index (χ0v) is 13.2. The molecule has 0 aliphatic carbocycles. The summed E-state index contributed by atoms with van der Waals surface area (Å²) in [5.41, 5.74) is 0.955. The molecule has 1 amide bonds. The van der Waals surface area contributed by atoms with Crippen molar-refractivity contribution < 1.29 is 23.8 Å². The van der Waals surface area contributed by atoms with E-state index in [1.165, 1.54) is 7.11 Å². The van der Waals surface area contributed by atoms with Gasteiger partial charge in [-0.1, -0.05) is 30.3 Å². The topological polar surface area (TPSA) is 73.9 Å². The summed E-state index contributed by atoms with van der Waals surface area (Å²) in [5.74, 6) is 0.0383. The minimum Gasteiger partial charge on any atom is -0.486 e. The molecule has 1 aliphatic heterocycles. The molecular formula is C18H17NO5. The van der Waals surface area contributed by atoms with Crippen molar-refractivity contribution in [3.8, 4) is 11.5 Å². The first-order valence-corrected chi connectivity index (χ1v) is 7.53. The minimum absolute atomic E-state index is 0.375. The fraction of sp³-hybridized carbons (Fsp3) is 0.222. The molecule has 0 saturated carbocycles. The molecule has 0 aromatic heterocycles. The lowest BCUT2D eigenvalue weighted by Gasteiger charge is -2.24. The SMILES string of the molecule is COC(=O)C(NC(=O)c1ccccc1)c1cccc2c1OCCO2. The summed E-state index contributed by atoms with van der Waals surface area (Å²) >= 11 is 0. The first-order valence-electron chi connectivity index (χ1n) is 7.53. The average Bonchev–Trinajstić information content (AvgIpc) is 2.65. The van der Waals surface area contributed by atoms with Gasteiger partial charge in [0.15, 0.2) is 17.5 Å². The molecule has 1 heterocycles. The number of rotatable bonds is 4. The molecule has 24 heavy (non-hydrogen) atoms. The lowest BCUT2D eigenvalue weighted by molar-refractivity contribution is -0.143. The number of hydrogen-bond acceptors (Lipinski definition) is 5. The molecule has 0 spiro atoms. The predicted molar refractivity (Wildman–Crippen MR) is 86.1 cm³/mol. The summed E-state index contributed by atoms with van der Waals surface area (Å²) < 4.78 is 16.0. The van der Waals surface area contributed by atoms with Crippen molar-refractivity contribution in [1.82, 2.24) is 5.32 Å². The van der Waals surface area contributed by atoms with Crippen molar-refractivity contribution in [2.75, 3.05) is 20.3 Å². The number of benzene rings is 2. The molecule has 1 unspecified atom stereocenters. The molecular weight excluding hydrogens is 310 g/mol. The highest BCUT2D eigenvalue weighted by Crippen LogP contribution is 2.37. The highest BCUT2D eigenvalue weighted by molar-refractivity contribution is 5.97. The van der Waals surface area contributed by atoms with Crippen molar-refractivity contribution in [3.63, 3.8) is 0 Å². The molecule has 6 heteroatoms. The molecule has 0 saturated heterocycles. The van der Waals surface area contributed by atoms with E-state index in [2.05, 4.69) is 5.32 Å². The number of carbonyl (C=O) groups is 2. The van der Waals surface area contributed by atoms with Gasteiger partial charge in [0.25, 0.3) is 5.91 Å². The van der Waals surface area contributed by atoms with Crippen molar-refractivity contribution >= 4 is 11.9 Å². The predicted octanol–water partition coefficient (Wildman–Crippen LogP) is 2.10. The third-order valence-electron chi connectivity index (χ3n) is 3.66. The number of nitrogens with one attached hydrogen (secondary N) is 1. The van der Waals surface area contributed by atoms with Crippen LogP contribution in [0.2, 0.25) is 0 Å². The van der Waals surface area contributed by atoms with Crippen LogP contribution >= 0.6 is 0 Å². The van der Waals surface area contributed by atoms with Crippen molar-refractivity contribution in [2.24, 2.45) is 0 Å². The summed E-state index contributed by atoms with van der Waals surface area (Å²) in [4.78, 5) is 24.7. The molecule has 1 atom stereocenters. The molecule has 2 aromatic rings. The Balaban J connectivity index is 1.93. The van der Waals surface area contributed by atoms with Crippen molar-refractivity contribution in [3.05, 3.63) is 59.7 Å². The molecule has 1 N–H and O–H groups in total. The summed E-state index contributed by atoms with van der Waals surface area (Å²) in [6.45, 7) is 0.820. The molecule has 6 nitrogen and oxygen atoms in total. The summed E-state index contributed by atoms with van der Waals surface area (Å²) in [5, 5.41) is 2.70. The van der Waals surface area contributed by atoms with E-state index in [1.807, 2.05) is 6.07 Å². The Bertz CT molecular complexity index is 744. The first kappa shape index (κ1) is 15.9. The Morgan fingerprint density at radius 1 is 1.04 bits per heavy atom. The summed E-state index contributed by atoms with van der Waals surface area (Å²) in [7, 11) is 1.27. The zero-order chi connectivity index (χ0) is 16.9. The van der Waals surface area contributed by atoms with E-state index in [-0.39, 0.29) is 5.91 Å². The number of esters is 1. The van der Waals surface area contributed by atoms with Crippen LogP contribution in [-0.2, 0) is 9.53 Å². The minimum atomic E-state index is -0.987. The van der Waals surface area contributed by atoms with Gasteiger partial charge in [-0.3, -0.25) is 4.79 Å². The molecule has 0 radical (unpaired) electrons.